The van der Waals surface area contributed by atoms with Crippen molar-refractivity contribution < 1.29 is 4.79 Å². The summed E-state index contributed by atoms with van der Waals surface area (Å²) in [7, 11) is 0. The lowest BCUT2D eigenvalue weighted by Gasteiger charge is -2.32. The molecule has 0 radical (unpaired) electrons. The molecule has 2 aliphatic rings. The van der Waals surface area contributed by atoms with E-state index < -0.39 is 0 Å². The van der Waals surface area contributed by atoms with Crippen LogP contribution in [0.25, 0.3) is 0 Å². The Kier molecular flexibility index (Phi) is 5.94. The van der Waals surface area contributed by atoms with Crippen molar-refractivity contribution in [3.63, 3.8) is 0 Å². The second-order valence-electron chi connectivity index (χ2n) is 4.53. The van der Waals surface area contributed by atoms with Crippen LogP contribution in [0.5, 0.6) is 0 Å². The molecule has 1 saturated carbocycles. The zero-order valence-electron chi connectivity index (χ0n) is 9.70. The predicted octanol–water partition coefficient (Wildman–Crippen LogP) is 1.56. The number of hydrogen-bond donors (Lipinski definition) is 2. The molecule has 5 heteroatoms. The third-order valence-corrected chi connectivity index (χ3v) is 4.54. The van der Waals surface area contributed by atoms with E-state index in [1.807, 2.05) is 11.8 Å². The Labute approximate surface area is 108 Å². The molecular weight excluding hydrogens is 244 g/mol. The quantitative estimate of drug-likeness (QED) is 0.813. The molecule has 0 aromatic heterocycles. The molecule has 1 saturated heterocycles. The van der Waals surface area contributed by atoms with E-state index in [-0.39, 0.29) is 24.4 Å². The number of nitrogens with one attached hydrogen (secondary N) is 2. The van der Waals surface area contributed by atoms with Crippen molar-refractivity contribution in [2.24, 2.45) is 0 Å². The Bertz CT molecular complexity index is 236. The Balaban J connectivity index is 0.00000128. The minimum absolute atomic E-state index is 0. The summed E-state index contributed by atoms with van der Waals surface area (Å²) in [6, 6.07) is 0.519. The zero-order chi connectivity index (χ0) is 10.7. The van der Waals surface area contributed by atoms with Gasteiger partial charge < -0.3 is 10.6 Å². The van der Waals surface area contributed by atoms with Gasteiger partial charge in [0.2, 0.25) is 5.91 Å². The molecule has 0 bridgehead atoms. The van der Waals surface area contributed by atoms with Gasteiger partial charge in [0.1, 0.15) is 0 Å². The molecule has 3 nitrogen and oxygen atoms in total. The monoisotopic (exact) mass is 264 g/mol. The number of thioether (sulfide) groups is 1. The first-order chi connectivity index (χ1) is 7.29. The molecule has 2 fully saturated rings. The lowest BCUT2D eigenvalue weighted by molar-refractivity contribution is -0.125. The summed E-state index contributed by atoms with van der Waals surface area (Å²) >= 11 is 1.94. The zero-order valence-corrected chi connectivity index (χ0v) is 11.3. The van der Waals surface area contributed by atoms with Crippen molar-refractivity contribution in [1.29, 1.82) is 0 Å². The lowest BCUT2D eigenvalue weighted by Crippen LogP contribution is -2.55. The van der Waals surface area contributed by atoms with Crippen LogP contribution in [0.4, 0.5) is 0 Å². The maximum atomic E-state index is 11.7. The summed E-state index contributed by atoms with van der Waals surface area (Å²) in [5, 5.41) is 7.06. The van der Waals surface area contributed by atoms with Crippen molar-refractivity contribution in [2.75, 3.05) is 12.8 Å². The van der Waals surface area contributed by atoms with E-state index in [4.69, 9.17) is 0 Å². The number of rotatable bonds is 3. The average Bonchev–Trinajstić information content (AvgIpc) is 2.15. The predicted molar refractivity (Wildman–Crippen MR) is 71.4 cm³/mol. The first-order valence-corrected chi connectivity index (χ1v) is 7.15. The molecule has 94 valence electrons. The van der Waals surface area contributed by atoms with E-state index in [0.717, 1.165) is 31.1 Å². The molecule has 1 aliphatic heterocycles. The Morgan fingerprint density at radius 3 is 2.69 bits per heavy atom. The maximum Gasteiger partial charge on any atom is 0.237 e. The summed E-state index contributed by atoms with van der Waals surface area (Å²) in [6.07, 6.45) is 8.06. The lowest BCUT2D eigenvalue weighted by atomic mass is 9.94. The topological polar surface area (TPSA) is 41.1 Å². The van der Waals surface area contributed by atoms with E-state index in [2.05, 4.69) is 16.9 Å². The fourth-order valence-corrected chi connectivity index (χ4v) is 3.13. The number of hydrogen-bond acceptors (Lipinski definition) is 3. The second-order valence-corrected chi connectivity index (χ2v) is 5.66. The van der Waals surface area contributed by atoms with Crippen LogP contribution in [-0.2, 0) is 4.79 Å². The average molecular weight is 265 g/mol. The fraction of sp³-hybridized carbons (Fsp3) is 0.909. The SMILES string of the molecule is CSC1CCCC(NC(=O)[C@H]2CCN2)C1.Cl. The highest BCUT2D eigenvalue weighted by molar-refractivity contribution is 7.99. The molecule has 1 heterocycles. The van der Waals surface area contributed by atoms with Gasteiger partial charge in [-0.05, 0) is 38.5 Å². The molecule has 2 unspecified atom stereocenters. The standard InChI is InChI=1S/C11H20N2OS.ClH/c1-15-9-4-2-3-8(7-9)13-11(14)10-5-6-12-10;/h8-10,12H,2-7H2,1H3,(H,13,14);1H/t8?,9?,10-;/m1./s1. The van der Waals surface area contributed by atoms with E-state index in [1.54, 1.807) is 0 Å². The van der Waals surface area contributed by atoms with Gasteiger partial charge in [0, 0.05) is 11.3 Å². The number of carbonyl (C=O) groups is 1. The van der Waals surface area contributed by atoms with Crippen LogP contribution in [0.3, 0.4) is 0 Å². The van der Waals surface area contributed by atoms with Gasteiger partial charge >= 0.3 is 0 Å². The van der Waals surface area contributed by atoms with Gasteiger partial charge in [-0.25, -0.2) is 0 Å². The largest absolute Gasteiger partial charge is 0.352 e. The van der Waals surface area contributed by atoms with E-state index in [0.29, 0.717) is 6.04 Å². The Hall–Kier alpha value is 0.0700. The van der Waals surface area contributed by atoms with Gasteiger partial charge in [0.15, 0.2) is 0 Å². The molecule has 2 rings (SSSR count). The highest BCUT2D eigenvalue weighted by Gasteiger charge is 2.28. The van der Waals surface area contributed by atoms with Gasteiger partial charge in [-0.1, -0.05) is 6.42 Å². The molecule has 0 aromatic carbocycles. The summed E-state index contributed by atoms with van der Waals surface area (Å²) in [4.78, 5) is 11.7. The first-order valence-electron chi connectivity index (χ1n) is 5.86. The summed E-state index contributed by atoms with van der Waals surface area (Å²) < 4.78 is 0. The van der Waals surface area contributed by atoms with Gasteiger partial charge in [-0.2, -0.15) is 11.8 Å². The number of carbonyl (C=O) groups excluding carboxylic acids is 1. The highest BCUT2D eigenvalue weighted by atomic mass is 35.5. The van der Waals surface area contributed by atoms with Gasteiger partial charge in [-0.3, -0.25) is 4.79 Å². The van der Waals surface area contributed by atoms with Crippen LogP contribution >= 0.6 is 24.2 Å². The molecule has 3 atom stereocenters. The third-order valence-electron chi connectivity index (χ3n) is 3.45. The van der Waals surface area contributed by atoms with E-state index in [1.165, 1.54) is 12.8 Å². The minimum Gasteiger partial charge on any atom is -0.352 e. The minimum atomic E-state index is 0. The molecule has 1 aliphatic carbocycles. The van der Waals surface area contributed by atoms with Gasteiger partial charge in [0.25, 0.3) is 0 Å². The number of halogens is 1. The van der Waals surface area contributed by atoms with E-state index in [9.17, 15) is 4.79 Å². The van der Waals surface area contributed by atoms with Crippen LogP contribution in [-0.4, -0.2) is 36.0 Å². The van der Waals surface area contributed by atoms with Crippen LogP contribution in [0.1, 0.15) is 32.1 Å². The van der Waals surface area contributed by atoms with Crippen molar-refractivity contribution in [3.8, 4) is 0 Å². The second kappa shape index (κ2) is 6.72. The summed E-state index contributed by atoms with van der Waals surface area (Å²) in [5.74, 6) is 0.216. The van der Waals surface area contributed by atoms with E-state index >= 15 is 0 Å². The van der Waals surface area contributed by atoms with Gasteiger partial charge in [0.05, 0.1) is 6.04 Å². The summed E-state index contributed by atoms with van der Waals surface area (Å²) in [6.45, 7) is 0.996. The highest BCUT2D eigenvalue weighted by Crippen LogP contribution is 2.26. The van der Waals surface area contributed by atoms with Crippen molar-refractivity contribution in [1.82, 2.24) is 10.6 Å². The van der Waals surface area contributed by atoms with Crippen molar-refractivity contribution in [2.45, 2.75) is 49.4 Å². The molecule has 0 aromatic rings. The molecule has 0 spiro atoms. The molecule has 1 amide bonds. The first kappa shape index (κ1) is 14.1. The third kappa shape index (κ3) is 3.54. The normalized spacial score (nSPS) is 33.4. The molecule has 16 heavy (non-hydrogen) atoms. The Morgan fingerprint density at radius 2 is 2.12 bits per heavy atom. The molecular formula is C11H21ClN2OS. The Morgan fingerprint density at radius 1 is 1.38 bits per heavy atom. The molecule has 2 N–H and O–H groups in total. The van der Waals surface area contributed by atoms with Crippen LogP contribution in [0.2, 0.25) is 0 Å². The van der Waals surface area contributed by atoms with Crippen molar-refractivity contribution >= 4 is 30.1 Å². The van der Waals surface area contributed by atoms with Gasteiger partial charge in [-0.15, -0.1) is 12.4 Å². The van der Waals surface area contributed by atoms with Crippen LogP contribution < -0.4 is 10.6 Å². The fourth-order valence-electron chi connectivity index (χ4n) is 2.30. The van der Waals surface area contributed by atoms with Crippen LogP contribution in [0.15, 0.2) is 0 Å². The smallest absolute Gasteiger partial charge is 0.237 e. The summed E-state index contributed by atoms with van der Waals surface area (Å²) in [5.41, 5.74) is 0. The van der Waals surface area contributed by atoms with Crippen LogP contribution in [0, 0.1) is 0 Å². The number of amides is 1. The van der Waals surface area contributed by atoms with Crippen molar-refractivity contribution in [3.05, 3.63) is 0 Å². The maximum absolute atomic E-state index is 11.7.